The second kappa shape index (κ2) is 8.55. The molecular weight excluding hydrogens is 515 g/mol. The maximum atomic E-state index is 14.5. The Morgan fingerprint density at radius 1 is 0.923 bits per heavy atom. The van der Waals surface area contributed by atoms with Crippen molar-refractivity contribution in [2.75, 3.05) is 4.90 Å². The van der Waals surface area contributed by atoms with Crippen LogP contribution in [0.25, 0.3) is 6.08 Å². The molecule has 1 saturated heterocycles. The number of Topliss-reactive ketones (excluding diaryl/α,β-unsaturated/α-hetero) is 3. The Labute approximate surface area is 228 Å². The van der Waals surface area contributed by atoms with Gasteiger partial charge >= 0.3 is 0 Å². The Hall–Kier alpha value is -4.42. The molecule has 3 aromatic carbocycles. The van der Waals surface area contributed by atoms with Crippen LogP contribution >= 0.6 is 11.6 Å². The van der Waals surface area contributed by atoms with E-state index < -0.39 is 29.2 Å². The number of carbonyl (C=O) groups excluding carboxylic acids is 3. The average Bonchev–Trinajstić information content (AvgIpc) is 3.39. The molecule has 0 N–H and O–H groups in total. The van der Waals surface area contributed by atoms with E-state index in [0.717, 1.165) is 0 Å². The topological polar surface area (TPSA) is 67.3 Å². The minimum Gasteiger partial charge on any atom is -0.352 e. The van der Waals surface area contributed by atoms with Crippen molar-refractivity contribution in [3.8, 4) is 0 Å². The van der Waals surface area contributed by atoms with Crippen LogP contribution in [0.15, 0.2) is 97.3 Å². The van der Waals surface area contributed by atoms with Crippen LogP contribution in [-0.4, -0.2) is 34.4 Å². The van der Waals surface area contributed by atoms with Crippen molar-refractivity contribution in [2.45, 2.75) is 18.0 Å². The van der Waals surface area contributed by atoms with Gasteiger partial charge < -0.3 is 4.90 Å². The molecule has 7 heteroatoms. The maximum absolute atomic E-state index is 14.5. The molecule has 1 aromatic heterocycles. The molecule has 0 unspecified atom stereocenters. The Morgan fingerprint density at radius 3 is 2.31 bits per heavy atom. The van der Waals surface area contributed by atoms with E-state index in [1.165, 1.54) is 12.1 Å². The molecule has 1 aliphatic carbocycles. The predicted octanol–water partition coefficient (Wildman–Crippen LogP) is 6.19. The van der Waals surface area contributed by atoms with Crippen molar-refractivity contribution in [1.29, 1.82) is 0 Å². The van der Waals surface area contributed by atoms with Gasteiger partial charge in [-0.3, -0.25) is 19.4 Å². The van der Waals surface area contributed by atoms with E-state index >= 15 is 0 Å². The van der Waals surface area contributed by atoms with Crippen molar-refractivity contribution in [3.63, 3.8) is 0 Å². The van der Waals surface area contributed by atoms with Gasteiger partial charge in [0.2, 0.25) is 0 Å². The number of hydrogen-bond donors (Lipinski definition) is 0. The number of anilines is 1. The molecule has 2 aliphatic heterocycles. The second-order valence-electron chi connectivity index (χ2n) is 10.1. The van der Waals surface area contributed by atoms with Crippen LogP contribution in [0.5, 0.6) is 0 Å². The molecule has 5 nitrogen and oxygen atoms in total. The van der Waals surface area contributed by atoms with E-state index in [4.69, 9.17) is 11.6 Å². The first kappa shape index (κ1) is 23.7. The first-order valence-corrected chi connectivity index (χ1v) is 12.9. The number of benzene rings is 3. The zero-order chi connectivity index (χ0) is 26.9. The molecule has 3 aliphatic rings. The highest BCUT2D eigenvalue weighted by atomic mass is 35.5. The Morgan fingerprint density at radius 2 is 1.64 bits per heavy atom. The van der Waals surface area contributed by atoms with Gasteiger partial charge in [0.1, 0.15) is 17.3 Å². The highest BCUT2D eigenvalue weighted by Crippen LogP contribution is 2.60. The second-order valence-corrected chi connectivity index (χ2v) is 10.5. The first-order valence-electron chi connectivity index (χ1n) is 12.6. The molecule has 1 spiro atoms. The lowest BCUT2D eigenvalue weighted by atomic mass is 9.64. The lowest BCUT2D eigenvalue weighted by molar-refractivity contribution is 0.0666. The summed E-state index contributed by atoms with van der Waals surface area (Å²) < 4.78 is 14.3. The van der Waals surface area contributed by atoms with Crippen molar-refractivity contribution in [2.24, 2.45) is 5.41 Å². The number of fused-ring (bicyclic) bond motifs is 5. The van der Waals surface area contributed by atoms with Crippen LogP contribution in [0.1, 0.15) is 48.1 Å². The summed E-state index contributed by atoms with van der Waals surface area (Å²) in [4.78, 5) is 49.6. The summed E-state index contributed by atoms with van der Waals surface area (Å²) >= 11 is 6.12. The molecule has 0 saturated carbocycles. The summed E-state index contributed by atoms with van der Waals surface area (Å²) in [5, 5.41) is 0.481. The first-order chi connectivity index (χ1) is 18.9. The number of halogens is 2. The summed E-state index contributed by atoms with van der Waals surface area (Å²) in [6, 6.07) is 19.5. The van der Waals surface area contributed by atoms with Crippen molar-refractivity contribution in [3.05, 3.63) is 136 Å². The molecule has 7 rings (SSSR count). The Kier molecular flexibility index (Phi) is 5.19. The van der Waals surface area contributed by atoms with Gasteiger partial charge in [-0.05, 0) is 54.1 Å². The predicted molar refractivity (Wildman–Crippen MR) is 146 cm³/mol. The van der Waals surface area contributed by atoms with Crippen LogP contribution < -0.4 is 4.90 Å². The number of ketones is 3. The normalized spacial score (nSPS) is 22.1. The number of nitrogens with zero attached hydrogens (tertiary/aromatic N) is 2. The SMILES string of the molecule is O=C(c1ccc(Cl)cc1)[C@@H]1[C@H](c2cccnc2)C2(C(=O)c3ccccc3C2=O)[C@@H]2C=Cc3cc(F)ccc3N12. The number of hydrogen-bond acceptors (Lipinski definition) is 5. The van der Waals surface area contributed by atoms with E-state index in [1.54, 1.807) is 91.3 Å². The van der Waals surface area contributed by atoms with Crippen LogP contribution in [0, 0.1) is 11.2 Å². The third kappa shape index (κ3) is 3.18. The molecule has 39 heavy (non-hydrogen) atoms. The Balaban J connectivity index is 1.54. The third-order valence-corrected chi connectivity index (χ3v) is 8.46. The monoisotopic (exact) mass is 534 g/mol. The average molecular weight is 535 g/mol. The highest BCUT2D eigenvalue weighted by Gasteiger charge is 2.71. The highest BCUT2D eigenvalue weighted by molar-refractivity contribution is 6.32. The summed E-state index contributed by atoms with van der Waals surface area (Å²) in [7, 11) is 0. The Bertz CT molecular complexity index is 1680. The fourth-order valence-electron chi connectivity index (χ4n) is 6.67. The zero-order valence-electron chi connectivity index (χ0n) is 20.4. The molecular formula is C32H20ClFN2O3. The quantitative estimate of drug-likeness (QED) is 0.231. The molecule has 3 atom stereocenters. The van der Waals surface area contributed by atoms with Crippen molar-refractivity contribution < 1.29 is 18.8 Å². The molecule has 0 amide bonds. The van der Waals surface area contributed by atoms with Gasteiger partial charge in [-0.15, -0.1) is 0 Å². The number of carbonyl (C=O) groups is 3. The van der Waals surface area contributed by atoms with Gasteiger partial charge in [0.15, 0.2) is 17.3 Å². The van der Waals surface area contributed by atoms with Gasteiger partial charge in [-0.25, -0.2) is 4.39 Å². The minimum absolute atomic E-state index is 0.274. The van der Waals surface area contributed by atoms with Gasteiger partial charge in [-0.2, -0.15) is 0 Å². The van der Waals surface area contributed by atoms with E-state index in [-0.39, 0.29) is 17.3 Å². The van der Waals surface area contributed by atoms with Crippen molar-refractivity contribution in [1.82, 2.24) is 4.98 Å². The summed E-state index contributed by atoms with van der Waals surface area (Å²) in [6.07, 6.45) is 6.73. The number of pyridine rings is 1. The van der Waals surface area contributed by atoms with Gasteiger partial charge in [0.05, 0.1) is 6.04 Å². The van der Waals surface area contributed by atoms with Gasteiger partial charge in [-0.1, -0.05) is 54.1 Å². The largest absolute Gasteiger partial charge is 0.352 e. The van der Waals surface area contributed by atoms with Crippen LogP contribution in [0.2, 0.25) is 5.02 Å². The molecule has 0 bridgehead atoms. The molecule has 0 radical (unpaired) electrons. The zero-order valence-corrected chi connectivity index (χ0v) is 21.2. The van der Waals surface area contributed by atoms with E-state index in [9.17, 15) is 18.8 Å². The van der Waals surface area contributed by atoms with E-state index in [0.29, 0.717) is 38.5 Å². The minimum atomic E-state index is -1.62. The summed E-state index contributed by atoms with van der Waals surface area (Å²) in [5.41, 5.74) is 1.20. The van der Waals surface area contributed by atoms with Gasteiger partial charge in [0.25, 0.3) is 0 Å². The molecule has 3 heterocycles. The standard InChI is InChI=1S/C32H20ClFN2O3/c33-21-10-7-18(8-11-21)29(37)28-27(20-4-3-15-35-17-20)32(30(38)23-5-1-2-6-24(23)31(32)39)26-14-9-19-16-22(34)12-13-25(19)36(26)28/h1-17,26-28H/t26-,27-,28-/m0/s1. The number of aromatic nitrogens is 1. The van der Waals surface area contributed by atoms with Crippen LogP contribution in [0.4, 0.5) is 10.1 Å². The van der Waals surface area contributed by atoms with Crippen molar-refractivity contribution >= 4 is 40.7 Å². The smallest absolute Gasteiger partial charge is 0.185 e. The maximum Gasteiger partial charge on any atom is 0.185 e. The van der Waals surface area contributed by atoms with E-state index in [2.05, 4.69) is 4.98 Å². The van der Waals surface area contributed by atoms with E-state index in [1.807, 2.05) is 4.90 Å². The van der Waals surface area contributed by atoms with Crippen LogP contribution in [-0.2, 0) is 0 Å². The summed E-state index contributed by atoms with van der Waals surface area (Å²) in [5.74, 6) is -2.21. The lowest BCUT2D eigenvalue weighted by Crippen LogP contribution is -2.48. The third-order valence-electron chi connectivity index (χ3n) is 8.21. The molecule has 1 fully saturated rings. The van der Waals surface area contributed by atoms with Gasteiger partial charge in [0, 0.05) is 51.3 Å². The molecule has 190 valence electrons. The van der Waals surface area contributed by atoms with Crippen LogP contribution in [0.3, 0.4) is 0 Å². The lowest BCUT2D eigenvalue weighted by Gasteiger charge is -2.37. The summed E-state index contributed by atoms with van der Waals surface area (Å²) in [6.45, 7) is 0. The fraction of sp³-hybridized carbons (Fsp3) is 0.125. The molecule has 4 aromatic rings. The number of rotatable bonds is 3. The fourth-order valence-corrected chi connectivity index (χ4v) is 6.79.